The Morgan fingerprint density at radius 1 is 0.875 bits per heavy atom. The molecule has 0 bridgehead atoms. The van der Waals surface area contributed by atoms with Crippen molar-refractivity contribution in [3.8, 4) is 11.3 Å². The predicted octanol–water partition coefficient (Wildman–Crippen LogP) is 5.70. The molecular weight excluding hydrogens is 423 g/mol. The summed E-state index contributed by atoms with van der Waals surface area (Å²) in [6.07, 6.45) is 5.10. The lowest BCUT2D eigenvalue weighted by atomic mass is 10.1. The number of aromatic nitrogens is 4. The maximum Gasteiger partial charge on any atom is 0.222 e. The van der Waals surface area contributed by atoms with Crippen LogP contribution in [0.2, 0.25) is 0 Å². The number of hydrogen-bond acceptors (Lipinski definition) is 7. The summed E-state index contributed by atoms with van der Waals surface area (Å²) < 4.78 is 14.7. The van der Waals surface area contributed by atoms with Crippen molar-refractivity contribution in [1.82, 2.24) is 19.9 Å². The van der Waals surface area contributed by atoms with E-state index in [4.69, 9.17) is 5.73 Å². The number of benzene rings is 2. The third-order valence-corrected chi connectivity index (χ3v) is 5.79. The topological polar surface area (TPSA) is 89.6 Å². The fraction of sp³-hybridized carbons (Fsp3) is 0. The largest absolute Gasteiger partial charge is 0.368 e. The van der Waals surface area contributed by atoms with Gasteiger partial charge in [-0.05, 0) is 36.4 Å². The summed E-state index contributed by atoms with van der Waals surface area (Å²) in [6.45, 7) is 0. The Morgan fingerprint density at radius 2 is 1.72 bits per heavy atom. The SMILES string of the molecule is Nc1nc(Nc2ccc(Sc3ccncc3)c(F)c2)cc(-c2cccc3cccnc23)n1. The second-order valence-electron chi connectivity index (χ2n) is 6.93. The fourth-order valence-corrected chi connectivity index (χ4v) is 4.13. The van der Waals surface area contributed by atoms with E-state index in [1.165, 1.54) is 17.8 Å². The summed E-state index contributed by atoms with van der Waals surface area (Å²) >= 11 is 1.34. The smallest absolute Gasteiger partial charge is 0.222 e. The molecular formula is C24H17FN6S. The third kappa shape index (κ3) is 4.21. The average Bonchev–Trinajstić information content (AvgIpc) is 2.81. The number of nitrogens with zero attached hydrogens (tertiary/aromatic N) is 4. The van der Waals surface area contributed by atoms with Gasteiger partial charge in [0.15, 0.2) is 0 Å². The highest BCUT2D eigenvalue weighted by Gasteiger charge is 2.11. The minimum Gasteiger partial charge on any atom is -0.368 e. The normalized spacial score (nSPS) is 10.9. The zero-order chi connectivity index (χ0) is 21.9. The molecule has 6 nitrogen and oxygen atoms in total. The molecule has 5 rings (SSSR count). The van der Waals surface area contributed by atoms with Crippen molar-refractivity contribution in [3.05, 3.63) is 91.1 Å². The number of para-hydroxylation sites is 1. The molecule has 0 spiro atoms. The molecule has 3 N–H and O–H groups in total. The van der Waals surface area contributed by atoms with Gasteiger partial charge in [0.25, 0.3) is 0 Å². The van der Waals surface area contributed by atoms with Gasteiger partial charge in [0.2, 0.25) is 5.95 Å². The molecule has 0 fully saturated rings. The number of fused-ring (bicyclic) bond motifs is 1. The molecule has 3 aromatic heterocycles. The van der Waals surface area contributed by atoms with Gasteiger partial charge in [0, 0.05) is 51.1 Å². The first kappa shape index (κ1) is 19.9. The van der Waals surface area contributed by atoms with Crippen molar-refractivity contribution in [2.75, 3.05) is 11.1 Å². The Morgan fingerprint density at radius 3 is 2.56 bits per heavy atom. The van der Waals surface area contributed by atoms with Crippen LogP contribution < -0.4 is 11.1 Å². The first-order chi connectivity index (χ1) is 15.7. The van der Waals surface area contributed by atoms with Crippen molar-refractivity contribution in [2.45, 2.75) is 9.79 Å². The van der Waals surface area contributed by atoms with Gasteiger partial charge in [-0.25, -0.2) is 9.37 Å². The van der Waals surface area contributed by atoms with E-state index < -0.39 is 0 Å². The lowest BCUT2D eigenvalue weighted by molar-refractivity contribution is 0.602. The maximum absolute atomic E-state index is 14.7. The second kappa shape index (κ2) is 8.60. The quantitative estimate of drug-likeness (QED) is 0.362. The van der Waals surface area contributed by atoms with E-state index in [2.05, 4.69) is 25.3 Å². The Bertz CT molecular complexity index is 1410. The maximum atomic E-state index is 14.7. The Labute approximate surface area is 187 Å². The molecule has 5 aromatic rings. The summed E-state index contributed by atoms with van der Waals surface area (Å²) in [5.41, 5.74) is 8.83. The molecule has 8 heteroatoms. The van der Waals surface area contributed by atoms with Crippen molar-refractivity contribution in [1.29, 1.82) is 0 Å². The highest BCUT2D eigenvalue weighted by molar-refractivity contribution is 7.99. The van der Waals surface area contributed by atoms with Crippen LogP contribution in [0.4, 0.5) is 21.8 Å². The molecule has 0 saturated carbocycles. The van der Waals surface area contributed by atoms with Gasteiger partial charge >= 0.3 is 0 Å². The van der Waals surface area contributed by atoms with Gasteiger partial charge in [-0.3, -0.25) is 9.97 Å². The van der Waals surface area contributed by atoms with Crippen molar-refractivity contribution in [2.24, 2.45) is 0 Å². The van der Waals surface area contributed by atoms with Crippen LogP contribution in [0.3, 0.4) is 0 Å². The molecule has 0 unspecified atom stereocenters. The van der Waals surface area contributed by atoms with Crippen molar-refractivity contribution < 1.29 is 4.39 Å². The van der Waals surface area contributed by atoms with E-state index in [-0.39, 0.29) is 11.8 Å². The summed E-state index contributed by atoms with van der Waals surface area (Å²) in [4.78, 5) is 18.5. The van der Waals surface area contributed by atoms with Crippen LogP contribution in [-0.4, -0.2) is 19.9 Å². The lowest BCUT2D eigenvalue weighted by Crippen LogP contribution is -2.02. The Balaban J connectivity index is 1.44. The van der Waals surface area contributed by atoms with Gasteiger partial charge in [0.05, 0.1) is 11.2 Å². The lowest BCUT2D eigenvalue weighted by Gasteiger charge is -2.11. The summed E-state index contributed by atoms with van der Waals surface area (Å²) in [5.74, 6) is 0.245. The zero-order valence-electron chi connectivity index (χ0n) is 16.7. The molecule has 0 saturated heterocycles. The van der Waals surface area contributed by atoms with E-state index >= 15 is 0 Å². The first-order valence-electron chi connectivity index (χ1n) is 9.79. The number of rotatable bonds is 5. The van der Waals surface area contributed by atoms with Crippen LogP contribution >= 0.6 is 11.8 Å². The number of halogens is 1. The van der Waals surface area contributed by atoms with Gasteiger partial charge in [-0.1, -0.05) is 36.0 Å². The minimum atomic E-state index is -0.336. The molecule has 0 aliphatic heterocycles. The van der Waals surface area contributed by atoms with Crippen LogP contribution in [0, 0.1) is 5.82 Å². The first-order valence-corrected chi connectivity index (χ1v) is 10.6. The molecule has 2 aromatic carbocycles. The van der Waals surface area contributed by atoms with Crippen molar-refractivity contribution >= 4 is 40.1 Å². The molecule has 0 aliphatic carbocycles. The van der Waals surface area contributed by atoms with Crippen LogP contribution in [-0.2, 0) is 0 Å². The number of hydrogen-bond donors (Lipinski definition) is 2. The average molecular weight is 441 g/mol. The van der Waals surface area contributed by atoms with Crippen molar-refractivity contribution in [3.63, 3.8) is 0 Å². The van der Waals surface area contributed by atoms with E-state index in [1.54, 1.807) is 36.8 Å². The number of anilines is 3. The summed E-state index contributed by atoms with van der Waals surface area (Å²) in [7, 11) is 0. The number of pyridine rings is 2. The number of nitrogen functional groups attached to an aromatic ring is 1. The highest BCUT2D eigenvalue weighted by Crippen LogP contribution is 2.32. The molecule has 156 valence electrons. The van der Waals surface area contributed by atoms with Gasteiger partial charge in [-0.15, -0.1) is 0 Å². The van der Waals surface area contributed by atoms with E-state index in [0.29, 0.717) is 22.1 Å². The van der Waals surface area contributed by atoms with E-state index in [0.717, 1.165) is 21.4 Å². The molecule has 0 radical (unpaired) electrons. The summed E-state index contributed by atoms with van der Waals surface area (Å²) in [5, 5.41) is 4.13. The predicted molar refractivity (Wildman–Crippen MR) is 125 cm³/mol. The summed E-state index contributed by atoms with van der Waals surface area (Å²) in [6, 6.07) is 20.1. The van der Waals surface area contributed by atoms with E-state index in [9.17, 15) is 4.39 Å². The minimum absolute atomic E-state index is 0.114. The molecule has 0 amide bonds. The highest BCUT2D eigenvalue weighted by atomic mass is 32.2. The number of nitrogens with one attached hydrogen (secondary N) is 1. The van der Waals surface area contributed by atoms with Gasteiger partial charge < -0.3 is 11.1 Å². The monoisotopic (exact) mass is 440 g/mol. The third-order valence-electron chi connectivity index (χ3n) is 4.73. The Kier molecular flexibility index (Phi) is 5.35. The molecule has 0 atom stereocenters. The molecule has 3 heterocycles. The molecule has 0 aliphatic rings. The second-order valence-corrected chi connectivity index (χ2v) is 8.05. The zero-order valence-corrected chi connectivity index (χ0v) is 17.6. The van der Waals surface area contributed by atoms with Crippen LogP contribution in [0.25, 0.3) is 22.2 Å². The molecule has 32 heavy (non-hydrogen) atoms. The number of nitrogens with two attached hydrogens (primary N) is 1. The standard InChI is InChI=1S/C24H17FN6S/c25-19-13-16(6-7-21(19)32-17-8-11-27-12-9-17)29-22-14-20(30-24(26)31-22)18-5-1-3-15-4-2-10-28-23(15)18/h1-14H,(H3,26,29,30,31). The fourth-order valence-electron chi connectivity index (χ4n) is 3.32. The van der Waals surface area contributed by atoms with Gasteiger partial charge in [0.1, 0.15) is 11.6 Å². The van der Waals surface area contributed by atoms with E-state index in [1.807, 2.05) is 42.5 Å². The van der Waals surface area contributed by atoms with Crippen LogP contribution in [0.5, 0.6) is 0 Å². The van der Waals surface area contributed by atoms with Crippen LogP contribution in [0.15, 0.2) is 95.1 Å². The van der Waals surface area contributed by atoms with Crippen LogP contribution in [0.1, 0.15) is 0 Å². The van der Waals surface area contributed by atoms with Gasteiger partial charge in [-0.2, -0.15) is 4.98 Å². The Hall–Kier alpha value is -4.04.